The molecule has 0 saturated carbocycles. The molecule has 0 amide bonds. The summed E-state index contributed by atoms with van der Waals surface area (Å²) >= 11 is 0. The molecule has 0 fully saturated rings. The van der Waals surface area contributed by atoms with Gasteiger partial charge in [-0.1, -0.05) is 115 Å². The number of rotatable bonds is 4. The molecule has 0 saturated heterocycles. The molecular weight excluding hydrogens is 526 g/mol. The molecule has 0 radical (unpaired) electrons. The molecule has 0 N–H and O–H groups in total. The number of aromatic nitrogens is 3. The predicted molar refractivity (Wildman–Crippen MR) is 176 cm³/mol. The molecule has 4 heteroatoms. The van der Waals surface area contributed by atoms with Crippen molar-refractivity contribution in [3.63, 3.8) is 0 Å². The van der Waals surface area contributed by atoms with E-state index in [2.05, 4.69) is 124 Å². The maximum absolute atomic E-state index is 6.74. The van der Waals surface area contributed by atoms with Gasteiger partial charge in [-0.3, -0.25) is 4.57 Å². The smallest absolute Gasteiger partial charge is 0.307 e. The number of hydrogen-bond donors (Lipinski definition) is 0. The minimum absolute atomic E-state index is 0.551. The molecule has 9 rings (SSSR count). The van der Waals surface area contributed by atoms with Gasteiger partial charge in [-0.2, -0.15) is 4.98 Å². The summed E-state index contributed by atoms with van der Waals surface area (Å²) in [6.45, 7) is 0. The van der Waals surface area contributed by atoms with Gasteiger partial charge >= 0.3 is 6.01 Å². The van der Waals surface area contributed by atoms with E-state index in [9.17, 15) is 0 Å². The van der Waals surface area contributed by atoms with Crippen LogP contribution in [0.15, 0.2) is 156 Å². The third-order valence-corrected chi connectivity index (χ3v) is 8.37. The van der Waals surface area contributed by atoms with Gasteiger partial charge in [-0.25, -0.2) is 0 Å². The van der Waals surface area contributed by atoms with Crippen LogP contribution >= 0.6 is 0 Å². The summed E-state index contributed by atoms with van der Waals surface area (Å²) in [6, 6.07) is 53.4. The summed E-state index contributed by atoms with van der Waals surface area (Å²) in [7, 11) is 0. The van der Waals surface area contributed by atoms with Crippen molar-refractivity contribution in [2.75, 3.05) is 0 Å². The molecule has 4 nitrogen and oxygen atoms in total. The topological polar surface area (TPSA) is 35.9 Å². The summed E-state index contributed by atoms with van der Waals surface area (Å²) in [5.74, 6) is 0.759. The number of para-hydroxylation sites is 3. The minimum Gasteiger partial charge on any atom is -0.422 e. The molecule has 3 aromatic heterocycles. The highest BCUT2D eigenvalue weighted by atomic mass is 16.4. The zero-order valence-electron chi connectivity index (χ0n) is 23.2. The fraction of sp³-hybridized carbons (Fsp3) is 0. The van der Waals surface area contributed by atoms with Crippen LogP contribution in [0.2, 0.25) is 0 Å². The van der Waals surface area contributed by atoms with Crippen molar-refractivity contribution in [2.24, 2.45) is 0 Å². The highest BCUT2D eigenvalue weighted by Gasteiger charge is 2.23. The molecular formula is C39H25N3O. The van der Waals surface area contributed by atoms with Crippen LogP contribution < -0.4 is 0 Å². The quantitative estimate of drug-likeness (QED) is 0.218. The predicted octanol–water partition coefficient (Wildman–Crippen LogP) is 10.2. The van der Waals surface area contributed by atoms with E-state index in [-0.39, 0.29) is 0 Å². The van der Waals surface area contributed by atoms with E-state index >= 15 is 0 Å². The van der Waals surface area contributed by atoms with E-state index in [4.69, 9.17) is 9.40 Å². The van der Waals surface area contributed by atoms with E-state index in [0.717, 1.165) is 50.1 Å². The Morgan fingerprint density at radius 1 is 0.419 bits per heavy atom. The van der Waals surface area contributed by atoms with Crippen molar-refractivity contribution in [3.8, 4) is 34.3 Å². The Kier molecular flexibility index (Phi) is 5.16. The van der Waals surface area contributed by atoms with Gasteiger partial charge in [-0.05, 0) is 36.4 Å². The monoisotopic (exact) mass is 551 g/mol. The summed E-state index contributed by atoms with van der Waals surface area (Å²) in [6.07, 6.45) is 0. The maximum Gasteiger partial charge on any atom is 0.307 e. The van der Waals surface area contributed by atoms with Gasteiger partial charge < -0.3 is 8.98 Å². The summed E-state index contributed by atoms with van der Waals surface area (Å²) in [4.78, 5) is 5.19. The second kappa shape index (κ2) is 9.33. The van der Waals surface area contributed by atoms with Crippen LogP contribution in [0.5, 0.6) is 0 Å². The molecule has 0 bridgehead atoms. The molecule has 0 aliphatic heterocycles. The average molecular weight is 552 g/mol. The van der Waals surface area contributed by atoms with Crippen LogP contribution in [-0.4, -0.2) is 14.1 Å². The SMILES string of the molecule is c1ccc(-c2nc(-n3c4ccccc4c4cc5c(cc43)c3ccccc3n5-c3ccccc3)oc2-c2ccccc2)cc1. The second-order valence-corrected chi connectivity index (χ2v) is 10.8. The highest BCUT2D eigenvalue weighted by Crippen LogP contribution is 2.41. The van der Waals surface area contributed by atoms with E-state index in [1.165, 1.54) is 21.8 Å². The fourth-order valence-electron chi connectivity index (χ4n) is 6.47. The van der Waals surface area contributed by atoms with Crippen molar-refractivity contribution in [2.45, 2.75) is 0 Å². The van der Waals surface area contributed by atoms with Crippen molar-refractivity contribution < 1.29 is 4.42 Å². The summed E-state index contributed by atoms with van der Waals surface area (Å²) in [5.41, 5.74) is 8.45. The first-order valence-corrected chi connectivity index (χ1v) is 14.5. The Morgan fingerprint density at radius 2 is 0.907 bits per heavy atom. The Morgan fingerprint density at radius 3 is 1.53 bits per heavy atom. The van der Waals surface area contributed by atoms with Crippen molar-refractivity contribution in [1.82, 2.24) is 14.1 Å². The van der Waals surface area contributed by atoms with Crippen LogP contribution in [-0.2, 0) is 0 Å². The Bertz CT molecular complexity index is 2380. The lowest BCUT2D eigenvalue weighted by atomic mass is 10.1. The molecule has 43 heavy (non-hydrogen) atoms. The van der Waals surface area contributed by atoms with Gasteiger partial charge in [0.15, 0.2) is 5.76 Å². The number of oxazole rings is 1. The van der Waals surface area contributed by atoms with Gasteiger partial charge in [0, 0.05) is 38.4 Å². The van der Waals surface area contributed by atoms with Gasteiger partial charge in [0.05, 0.1) is 22.1 Å². The minimum atomic E-state index is 0.551. The number of benzene rings is 6. The van der Waals surface area contributed by atoms with Crippen LogP contribution in [0, 0.1) is 0 Å². The first kappa shape index (κ1) is 23.8. The lowest BCUT2D eigenvalue weighted by molar-refractivity contribution is 0.548. The average Bonchev–Trinajstić information content (AvgIpc) is 3.75. The molecule has 202 valence electrons. The summed E-state index contributed by atoms with van der Waals surface area (Å²) < 4.78 is 11.3. The molecule has 3 heterocycles. The van der Waals surface area contributed by atoms with Crippen LogP contribution in [0.1, 0.15) is 0 Å². The molecule has 0 unspecified atom stereocenters. The van der Waals surface area contributed by atoms with E-state index in [1.54, 1.807) is 0 Å². The first-order valence-electron chi connectivity index (χ1n) is 14.5. The number of fused-ring (bicyclic) bond motifs is 6. The third-order valence-electron chi connectivity index (χ3n) is 8.37. The molecule has 0 spiro atoms. The van der Waals surface area contributed by atoms with E-state index in [0.29, 0.717) is 6.01 Å². The molecule has 0 aliphatic rings. The van der Waals surface area contributed by atoms with Crippen LogP contribution in [0.4, 0.5) is 0 Å². The Balaban J connectivity index is 1.39. The van der Waals surface area contributed by atoms with Gasteiger partial charge in [0.25, 0.3) is 0 Å². The van der Waals surface area contributed by atoms with Crippen LogP contribution in [0.3, 0.4) is 0 Å². The third kappa shape index (κ3) is 3.60. The Labute approximate surface area is 247 Å². The summed E-state index contributed by atoms with van der Waals surface area (Å²) in [5, 5.41) is 4.71. The van der Waals surface area contributed by atoms with Gasteiger partial charge in [-0.15, -0.1) is 0 Å². The second-order valence-electron chi connectivity index (χ2n) is 10.8. The van der Waals surface area contributed by atoms with Gasteiger partial charge in [0.1, 0.15) is 5.69 Å². The zero-order chi connectivity index (χ0) is 28.3. The molecule has 0 aliphatic carbocycles. The van der Waals surface area contributed by atoms with Crippen LogP contribution in [0.25, 0.3) is 77.9 Å². The standard InChI is InChI=1S/C39H25N3O/c1-4-14-26(15-5-1)37-38(27-16-6-2-7-17-27)43-39(40-37)42-34-23-13-11-21-30(34)32-24-35-31(25-36(32)42)29-20-10-12-22-33(29)41(35)28-18-8-3-9-19-28/h1-25H. The first-order chi connectivity index (χ1) is 21.3. The maximum atomic E-state index is 6.74. The van der Waals surface area contributed by atoms with Crippen molar-refractivity contribution >= 4 is 43.6 Å². The van der Waals surface area contributed by atoms with E-state index in [1.807, 2.05) is 36.4 Å². The highest BCUT2D eigenvalue weighted by molar-refractivity contribution is 6.18. The lowest BCUT2D eigenvalue weighted by Crippen LogP contribution is -1.95. The van der Waals surface area contributed by atoms with Crippen molar-refractivity contribution in [3.05, 3.63) is 152 Å². The van der Waals surface area contributed by atoms with Gasteiger partial charge in [0.2, 0.25) is 0 Å². The Hall–Kier alpha value is -5.87. The number of nitrogens with zero attached hydrogens (tertiary/aromatic N) is 3. The number of hydrogen-bond acceptors (Lipinski definition) is 2. The normalized spacial score (nSPS) is 11.7. The zero-order valence-corrected chi connectivity index (χ0v) is 23.2. The molecule has 9 aromatic rings. The molecule has 6 aromatic carbocycles. The van der Waals surface area contributed by atoms with Crippen molar-refractivity contribution in [1.29, 1.82) is 0 Å². The lowest BCUT2D eigenvalue weighted by Gasteiger charge is -2.07. The van der Waals surface area contributed by atoms with E-state index < -0.39 is 0 Å². The fourth-order valence-corrected chi connectivity index (χ4v) is 6.47. The largest absolute Gasteiger partial charge is 0.422 e. The molecule has 0 atom stereocenters.